The van der Waals surface area contributed by atoms with Crippen LogP contribution in [0.4, 0.5) is 5.69 Å². The lowest BCUT2D eigenvalue weighted by Crippen LogP contribution is -3.08. The highest BCUT2D eigenvalue weighted by molar-refractivity contribution is 7.18. The van der Waals surface area contributed by atoms with Gasteiger partial charge < -0.3 is 15.0 Å². The highest BCUT2D eigenvalue weighted by Gasteiger charge is 2.14. The van der Waals surface area contributed by atoms with E-state index in [4.69, 9.17) is 4.74 Å². The highest BCUT2D eigenvalue weighted by atomic mass is 32.1. The van der Waals surface area contributed by atoms with E-state index in [9.17, 15) is 9.59 Å². The van der Waals surface area contributed by atoms with E-state index in [2.05, 4.69) is 16.4 Å². The van der Waals surface area contributed by atoms with Gasteiger partial charge in [0, 0.05) is 5.69 Å². The number of carbonyl (C=O) groups excluding carboxylic acids is 2. The number of unbranched alkanes of at least 4 members (excludes halogenated alkanes) is 1. The molecule has 1 aromatic heterocycles. The van der Waals surface area contributed by atoms with Crippen molar-refractivity contribution in [2.24, 2.45) is 0 Å². The molecule has 1 atom stereocenters. The number of thiazole rings is 1. The van der Waals surface area contributed by atoms with E-state index in [-0.39, 0.29) is 11.9 Å². The maximum absolute atomic E-state index is 12.3. The lowest BCUT2D eigenvalue weighted by molar-refractivity contribution is -0.885. The van der Waals surface area contributed by atoms with Crippen LogP contribution < -0.4 is 10.2 Å². The van der Waals surface area contributed by atoms with E-state index in [0.717, 1.165) is 33.0 Å². The van der Waals surface area contributed by atoms with Crippen molar-refractivity contribution >= 4 is 39.1 Å². The summed E-state index contributed by atoms with van der Waals surface area (Å²) >= 11 is 1.66. The number of aromatic nitrogens is 1. The fourth-order valence-electron chi connectivity index (χ4n) is 2.88. The fraction of sp³-hybridized carbons (Fsp3) is 0.318. The number of amides is 1. The largest absolute Gasteiger partial charge is 0.462 e. The predicted octanol–water partition coefficient (Wildman–Crippen LogP) is 2.91. The molecule has 0 aliphatic heterocycles. The average Bonchev–Trinajstić information content (AvgIpc) is 3.10. The van der Waals surface area contributed by atoms with E-state index in [0.29, 0.717) is 30.9 Å². The SMILES string of the molecule is CCCCOC(=O)c1ccc(NC(=O)C[NH+](C)Cc2nc3ccccc3s2)cc1. The van der Waals surface area contributed by atoms with E-state index >= 15 is 0 Å². The number of fused-ring (bicyclic) bond motifs is 1. The third-order valence-corrected chi connectivity index (χ3v) is 5.43. The Morgan fingerprint density at radius 2 is 1.90 bits per heavy atom. The maximum atomic E-state index is 12.3. The van der Waals surface area contributed by atoms with Gasteiger partial charge in [-0.05, 0) is 42.8 Å². The summed E-state index contributed by atoms with van der Waals surface area (Å²) < 4.78 is 6.35. The number of benzene rings is 2. The molecule has 2 N–H and O–H groups in total. The van der Waals surface area contributed by atoms with Gasteiger partial charge in [-0.3, -0.25) is 4.79 Å². The second-order valence-electron chi connectivity index (χ2n) is 7.00. The Bertz CT molecular complexity index is 936. The molecule has 1 amide bonds. The molecule has 0 radical (unpaired) electrons. The summed E-state index contributed by atoms with van der Waals surface area (Å²) in [6.07, 6.45) is 1.83. The van der Waals surface area contributed by atoms with Crippen LogP contribution in [0.15, 0.2) is 48.5 Å². The quantitative estimate of drug-likeness (QED) is 0.419. The van der Waals surface area contributed by atoms with Crippen LogP contribution in [0, 0.1) is 0 Å². The number of nitrogens with zero attached hydrogens (tertiary/aromatic N) is 1. The second-order valence-corrected chi connectivity index (χ2v) is 8.12. The molecule has 7 heteroatoms. The van der Waals surface area contributed by atoms with Gasteiger partial charge in [0.25, 0.3) is 5.91 Å². The van der Waals surface area contributed by atoms with Crippen molar-refractivity contribution in [3.8, 4) is 0 Å². The molecule has 0 aliphatic rings. The third-order valence-electron chi connectivity index (χ3n) is 4.39. The van der Waals surface area contributed by atoms with Crippen LogP contribution in [0.1, 0.15) is 35.1 Å². The number of para-hydroxylation sites is 1. The van der Waals surface area contributed by atoms with E-state index in [1.807, 2.05) is 32.2 Å². The molecular weight excluding hydrogens is 386 g/mol. The Kier molecular flexibility index (Phi) is 7.32. The van der Waals surface area contributed by atoms with Crippen molar-refractivity contribution in [2.45, 2.75) is 26.3 Å². The molecule has 1 unspecified atom stereocenters. The maximum Gasteiger partial charge on any atom is 0.338 e. The van der Waals surface area contributed by atoms with Gasteiger partial charge in [0.1, 0.15) is 11.6 Å². The van der Waals surface area contributed by atoms with Crippen LogP contribution >= 0.6 is 11.3 Å². The number of esters is 1. The number of likely N-dealkylation sites (N-methyl/N-ethyl adjacent to an activating group) is 1. The number of hydrogen-bond acceptors (Lipinski definition) is 5. The lowest BCUT2D eigenvalue weighted by Gasteiger charge is -2.12. The van der Waals surface area contributed by atoms with Crippen molar-refractivity contribution < 1.29 is 19.2 Å². The van der Waals surface area contributed by atoms with E-state index in [1.165, 1.54) is 0 Å². The van der Waals surface area contributed by atoms with Crippen LogP contribution in [0.3, 0.4) is 0 Å². The van der Waals surface area contributed by atoms with Crippen LogP contribution in [-0.4, -0.2) is 37.1 Å². The molecule has 6 nitrogen and oxygen atoms in total. The van der Waals surface area contributed by atoms with Crippen molar-refractivity contribution in [2.75, 3.05) is 25.5 Å². The molecular formula is C22H26N3O3S+. The van der Waals surface area contributed by atoms with Gasteiger partial charge in [-0.2, -0.15) is 0 Å². The zero-order chi connectivity index (χ0) is 20.6. The highest BCUT2D eigenvalue weighted by Crippen LogP contribution is 2.20. The number of nitrogens with one attached hydrogen (secondary N) is 2. The summed E-state index contributed by atoms with van der Waals surface area (Å²) in [6, 6.07) is 14.8. The Morgan fingerprint density at radius 1 is 1.14 bits per heavy atom. The normalized spacial score (nSPS) is 11.9. The molecule has 0 saturated heterocycles. The van der Waals surface area contributed by atoms with Gasteiger partial charge in [0.15, 0.2) is 6.54 Å². The molecule has 1 heterocycles. The van der Waals surface area contributed by atoms with E-state index in [1.54, 1.807) is 35.6 Å². The summed E-state index contributed by atoms with van der Waals surface area (Å²) in [4.78, 5) is 29.9. The molecule has 3 rings (SSSR count). The molecule has 152 valence electrons. The Balaban J connectivity index is 1.48. The zero-order valence-corrected chi connectivity index (χ0v) is 17.6. The minimum absolute atomic E-state index is 0.0816. The molecule has 0 spiro atoms. The first-order valence-corrected chi connectivity index (χ1v) is 10.6. The molecule has 0 bridgehead atoms. The zero-order valence-electron chi connectivity index (χ0n) is 16.7. The van der Waals surface area contributed by atoms with Gasteiger partial charge in [0.05, 0.1) is 29.4 Å². The number of hydrogen-bond donors (Lipinski definition) is 2. The van der Waals surface area contributed by atoms with Gasteiger partial charge in [0.2, 0.25) is 0 Å². The number of carbonyl (C=O) groups is 2. The van der Waals surface area contributed by atoms with Crippen LogP contribution in [0.5, 0.6) is 0 Å². The summed E-state index contributed by atoms with van der Waals surface area (Å²) in [6.45, 7) is 3.49. The summed E-state index contributed by atoms with van der Waals surface area (Å²) in [5, 5.41) is 3.89. The lowest BCUT2D eigenvalue weighted by atomic mass is 10.2. The van der Waals surface area contributed by atoms with Crippen LogP contribution in [0.25, 0.3) is 10.2 Å². The monoisotopic (exact) mass is 412 g/mol. The third kappa shape index (κ3) is 6.10. The molecule has 0 saturated carbocycles. The Labute approximate surface area is 174 Å². The van der Waals surface area contributed by atoms with Crippen molar-refractivity contribution in [1.29, 1.82) is 0 Å². The van der Waals surface area contributed by atoms with Crippen molar-refractivity contribution in [3.05, 3.63) is 59.1 Å². The molecule has 0 fully saturated rings. The Hall–Kier alpha value is -2.77. The average molecular weight is 413 g/mol. The second kappa shape index (κ2) is 10.1. The number of quaternary nitrogens is 1. The smallest absolute Gasteiger partial charge is 0.338 e. The van der Waals surface area contributed by atoms with Gasteiger partial charge in [-0.15, -0.1) is 11.3 Å². The topological polar surface area (TPSA) is 72.7 Å². The van der Waals surface area contributed by atoms with Gasteiger partial charge >= 0.3 is 5.97 Å². The number of rotatable bonds is 9. The minimum atomic E-state index is -0.337. The fourth-order valence-corrected chi connectivity index (χ4v) is 3.96. The summed E-state index contributed by atoms with van der Waals surface area (Å²) in [7, 11) is 1.97. The summed E-state index contributed by atoms with van der Waals surface area (Å²) in [5.74, 6) is -0.418. The van der Waals surface area contributed by atoms with Gasteiger partial charge in [-0.1, -0.05) is 25.5 Å². The first kappa shape index (κ1) is 21.0. The number of ether oxygens (including phenoxy) is 1. The van der Waals surface area contributed by atoms with Crippen LogP contribution in [-0.2, 0) is 16.1 Å². The van der Waals surface area contributed by atoms with Crippen molar-refractivity contribution in [3.63, 3.8) is 0 Å². The van der Waals surface area contributed by atoms with E-state index < -0.39 is 0 Å². The van der Waals surface area contributed by atoms with Crippen LogP contribution in [0.2, 0.25) is 0 Å². The molecule has 3 aromatic rings. The summed E-state index contributed by atoms with van der Waals surface area (Å²) in [5.41, 5.74) is 2.14. The predicted molar refractivity (Wildman–Crippen MR) is 115 cm³/mol. The molecule has 29 heavy (non-hydrogen) atoms. The van der Waals surface area contributed by atoms with Crippen molar-refractivity contribution in [1.82, 2.24) is 4.98 Å². The number of anilines is 1. The molecule has 0 aliphatic carbocycles. The standard InChI is InChI=1S/C22H25N3O3S/c1-3-4-13-28-22(27)16-9-11-17(12-10-16)23-20(26)14-25(2)15-21-24-18-7-5-6-8-19(18)29-21/h5-12H,3-4,13-15H2,1-2H3,(H,23,26)/p+1. The molecule has 2 aromatic carbocycles. The first-order valence-electron chi connectivity index (χ1n) is 9.78. The Morgan fingerprint density at radius 3 is 2.62 bits per heavy atom. The van der Waals surface area contributed by atoms with Gasteiger partial charge in [-0.25, -0.2) is 9.78 Å². The first-order chi connectivity index (χ1) is 14.0. The minimum Gasteiger partial charge on any atom is -0.462 e.